The van der Waals surface area contributed by atoms with Crippen LogP contribution in [0.25, 0.3) is 0 Å². The summed E-state index contributed by atoms with van der Waals surface area (Å²) in [5.41, 5.74) is 1.64. The fourth-order valence-corrected chi connectivity index (χ4v) is 7.04. The summed E-state index contributed by atoms with van der Waals surface area (Å²) in [5.74, 6) is -0.389. The number of hydrogen-bond acceptors (Lipinski definition) is 6. The molecular weight excluding hydrogens is 609 g/mol. The summed E-state index contributed by atoms with van der Waals surface area (Å²) >= 11 is 11.9. The number of carbonyl (C=O) groups is 1. The van der Waals surface area contributed by atoms with E-state index in [1.807, 2.05) is 0 Å². The van der Waals surface area contributed by atoms with Crippen LogP contribution in [0.4, 0.5) is 17.1 Å². The van der Waals surface area contributed by atoms with Crippen LogP contribution >= 0.6 is 23.2 Å². The van der Waals surface area contributed by atoms with Crippen LogP contribution in [0.3, 0.4) is 0 Å². The number of anilines is 3. The van der Waals surface area contributed by atoms with Gasteiger partial charge in [-0.25, -0.2) is 16.8 Å². The first-order valence-electron chi connectivity index (χ1n) is 12.2. The molecule has 0 fully saturated rings. The number of ether oxygens (including phenoxy) is 1. The quantitative estimate of drug-likeness (QED) is 0.270. The molecular formula is C28H23Cl2N3O6S2. The Morgan fingerprint density at radius 3 is 2.20 bits per heavy atom. The van der Waals surface area contributed by atoms with Crippen molar-refractivity contribution in [1.82, 2.24) is 0 Å². The molecule has 0 radical (unpaired) electrons. The van der Waals surface area contributed by atoms with Gasteiger partial charge < -0.3 is 10.1 Å². The van der Waals surface area contributed by atoms with Gasteiger partial charge in [-0.1, -0.05) is 41.4 Å². The molecule has 1 amide bonds. The fraction of sp³-hybridized carbons (Fsp3) is 0.107. The Kier molecular flexibility index (Phi) is 7.89. The van der Waals surface area contributed by atoms with Gasteiger partial charge in [0.25, 0.3) is 26.0 Å². The minimum absolute atomic E-state index is 0.0103. The van der Waals surface area contributed by atoms with Gasteiger partial charge in [-0.05, 0) is 85.3 Å². The normalized spacial score (nSPS) is 15.0. The van der Waals surface area contributed by atoms with Crippen molar-refractivity contribution in [2.75, 3.05) is 20.9 Å². The summed E-state index contributed by atoms with van der Waals surface area (Å²) < 4.78 is 62.3. The second kappa shape index (κ2) is 11.2. The lowest BCUT2D eigenvalue weighted by Crippen LogP contribution is -2.48. The molecule has 41 heavy (non-hydrogen) atoms. The van der Waals surface area contributed by atoms with E-state index in [9.17, 15) is 21.6 Å². The third-order valence-electron chi connectivity index (χ3n) is 6.30. The van der Waals surface area contributed by atoms with E-state index in [1.54, 1.807) is 43.3 Å². The van der Waals surface area contributed by atoms with Crippen molar-refractivity contribution in [3.05, 3.63) is 107 Å². The van der Waals surface area contributed by atoms with E-state index in [1.165, 1.54) is 54.6 Å². The predicted octanol–water partition coefficient (Wildman–Crippen LogP) is 5.70. The zero-order valence-corrected chi connectivity index (χ0v) is 24.6. The van der Waals surface area contributed by atoms with Crippen molar-refractivity contribution in [1.29, 1.82) is 0 Å². The lowest BCUT2D eigenvalue weighted by Gasteiger charge is -2.34. The Bertz CT molecular complexity index is 1830. The second-order valence-corrected chi connectivity index (χ2v) is 13.6. The number of hydrogen-bond donors (Lipinski definition) is 2. The van der Waals surface area contributed by atoms with Gasteiger partial charge in [0.05, 0.1) is 27.7 Å². The number of halogens is 2. The first-order chi connectivity index (χ1) is 19.4. The molecule has 5 rings (SSSR count). The molecule has 0 unspecified atom stereocenters. The van der Waals surface area contributed by atoms with E-state index in [0.717, 1.165) is 4.31 Å². The Balaban J connectivity index is 1.34. The van der Waals surface area contributed by atoms with Crippen LogP contribution in [0.5, 0.6) is 5.75 Å². The Labute approximate surface area is 247 Å². The molecule has 4 aromatic rings. The van der Waals surface area contributed by atoms with Crippen LogP contribution in [0.15, 0.2) is 101 Å². The standard InChI is InChI=1S/C28H23Cl2N3O6S2/c1-18-6-7-20(30)16-24(18)32-40(35,36)22-14-10-21(11-15-22)31-28(34)27-17-33(25-4-2-3-5-26(25)39-27)41(37,38)23-12-8-19(29)9-13-23/h2-16,27,32H,17H2,1H3,(H,31,34)/t27-/m1/s1. The summed E-state index contributed by atoms with van der Waals surface area (Å²) in [6.45, 7) is 1.46. The van der Waals surface area contributed by atoms with Gasteiger partial charge >= 0.3 is 0 Å². The first kappa shape index (κ1) is 28.7. The Morgan fingerprint density at radius 1 is 0.854 bits per heavy atom. The molecule has 2 N–H and O–H groups in total. The predicted molar refractivity (Wildman–Crippen MR) is 159 cm³/mol. The van der Waals surface area contributed by atoms with Crippen molar-refractivity contribution in [3.63, 3.8) is 0 Å². The summed E-state index contributed by atoms with van der Waals surface area (Å²) in [6, 6.07) is 22.6. The largest absolute Gasteiger partial charge is 0.476 e. The van der Waals surface area contributed by atoms with Crippen LogP contribution in [-0.2, 0) is 24.8 Å². The molecule has 212 valence electrons. The van der Waals surface area contributed by atoms with Gasteiger partial charge in [-0.3, -0.25) is 13.8 Å². The maximum atomic E-state index is 13.5. The summed E-state index contributed by atoms with van der Waals surface area (Å²) in [4.78, 5) is 13.2. The molecule has 1 aliphatic heterocycles. The van der Waals surface area contributed by atoms with Crippen molar-refractivity contribution in [2.45, 2.75) is 22.8 Å². The smallest absolute Gasteiger partial charge is 0.267 e. The number of nitrogens with zero attached hydrogens (tertiary/aromatic N) is 1. The lowest BCUT2D eigenvalue weighted by atomic mass is 10.2. The fourth-order valence-electron chi connectivity index (χ4n) is 4.15. The summed E-state index contributed by atoms with van der Waals surface area (Å²) in [5, 5.41) is 3.45. The van der Waals surface area contributed by atoms with E-state index in [2.05, 4.69) is 10.0 Å². The number of aryl methyl sites for hydroxylation is 1. The molecule has 9 nitrogen and oxygen atoms in total. The molecule has 0 saturated heterocycles. The van der Waals surface area contributed by atoms with Crippen molar-refractivity contribution >= 4 is 66.2 Å². The van der Waals surface area contributed by atoms with E-state index in [4.69, 9.17) is 27.9 Å². The molecule has 1 aliphatic rings. The van der Waals surface area contributed by atoms with Crippen molar-refractivity contribution < 1.29 is 26.4 Å². The average molecular weight is 633 g/mol. The van der Waals surface area contributed by atoms with Crippen LogP contribution in [-0.4, -0.2) is 35.4 Å². The van der Waals surface area contributed by atoms with Gasteiger partial charge in [-0.2, -0.15) is 0 Å². The van der Waals surface area contributed by atoms with Gasteiger partial charge in [0.2, 0.25) is 0 Å². The van der Waals surface area contributed by atoms with Crippen LogP contribution in [0.1, 0.15) is 5.56 Å². The number of para-hydroxylation sites is 2. The number of carbonyl (C=O) groups excluding carboxylic acids is 1. The minimum atomic E-state index is -4.05. The summed E-state index contributed by atoms with van der Waals surface area (Å²) in [6.07, 6.45) is -1.19. The highest BCUT2D eigenvalue weighted by Crippen LogP contribution is 2.37. The Morgan fingerprint density at radius 2 is 1.49 bits per heavy atom. The zero-order chi connectivity index (χ0) is 29.4. The highest BCUT2D eigenvalue weighted by Gasteiger charge is 2.37. The van der Waals surface area contributed by atoms with E-state index in [-0.39, 0.29) is 22.1 Å². The lowest BCUT2D eigenvalue weighted by molar-refractivity contribution is -0.122. The maximum Gasteiger partial charge on any atom is 0.267 e. The van der Waals surface area contributed by atoms with Crippen LogP contribution in [0, 0.1) is 6.92 Å². The van der Waals surface area contributed by atoms with Crippen molar-refractivity contribution in [3.8, 4) is 5.75 Å². The molecule has 1 heterocycles. The molecule has 0 aromatic heterocycles. The van der Waals surface area contributed by atoms with E-state index >= 15 is 0 Å². The molecule has 0 aliphatic carbocycles. The van der Waals surface area contributed by atoms with E-state index < -0.39 is 32.1 Å². The van der Waals surface area contributed by atoms with Gasteiger partial charge in [0.1, 0.15) is 5.75 Å². The highest BCUT2D eigenvalue weighted by molar-refractivity contribution is 7.93. The SMILES string of the molecule is Cc1ccc(Cl)cc1NS(=O)(=O)c1ccc(NC(=O)[C@H]2CN(S(=O)(=O)c3ccc(Cl)cc3)c3ccccc3O2)cc1. The van der Waals surface area contributed by atoms with Crippen LogP contribution in [0.2, 0.25) is 10.0 Å². The number of fused-ring (bicyclic) bond motifs is 1. The van der Waals surface area contributed by atoms with Gasteiger partial charge in [-0.15, -0.1) is 0 Å². The summed E-state index contributed by atoms with van der Waals surface area (Å²) in [7, 11) is -7.98. The molecule has 4 aromatic carbocycles. The maximum absolute atomic E-state index is 13.5. The molecule has 13 heteroatoms. The van der Waals surface area contributed by atoms with Gasteiger partial charge in [0, 0.05) is 15.7 Å². The van der Waals surface area contributed by atoms with Crippen LogP contribution < -0.4 is 19.1 Å². The Hall–Kier alpha value is -3.77. The monoisotopic (exact) mass is 631 g/mol. The van der Waals surface area contributed by atoms with Gasteiger partial charge in [0.15, 0.2) is 6.10 Å². The third-order valence-corrected chi connectivity index (χ3v) is 9.97. The molecule has 0 bridgehead atoms. The number of nitrogens with one attached hydrogen (secondary N) is 2. The minimum Gasteiger partial charge on any atom is -0.476 e. The number of rotatable bonds is 7. The number of sulfonamides is 2. The zero-order valence-electron chi connectivity index (χ0n) is 21.4. The first-order valence-corrected chi connectivity index (χ1v) is 15.9. The molecule has 0 saturated carbocycles. The highest BCUT2D eigenvalue weighted by atomic mass is 35.5. The third kappa shape index (κ3) is 6.13. The second-order valence-electron chi connectivity index (χ2n) is 9.14. The molecule has 1 atom stereocenters. The average Bonchev–Trinajstić information content (AvgIpc) is 2.94. The molecule has 0 spiro atoms. The van der Waals surface area contributed by atoms with E-state index in [0.29, 0.717) is 32.7 Å². The van der Waals surface area contributed by atoms with Crippen molar-refractivity contribution in [2.24, 2.45) is 0 Å². The number of amides is 1. The number of benzene rings is 4. The topological polar surface area (TPSA) is 122 Å².